The minimum atomic E-state index is 0.692. The zero-order valence-electron chi connectivity index (χ0n) is 7.87. The van der Waals surface area contributed by atoms with Crippen LogP contribution in [-0.2, 0) is 0 Å². The molecule has 0 aromatic heterocycles. The van der Waals surface area contributed by atoms with E-state index in [2.05, 4.69) is 29.0 Å². The van der Waals surface area contributed by atoms with Gasteiger partial charge in [0.1, 0.15) is 0 Å². The maximum absolute atomic E-state index is 2.61. The second-order valence-corrected chi connectivity index (χ2v) is 3.85. The first kappa shape index (κ1) is 8.27. The third-order valence-corrected chi connectivity index (χ3v) is 2.98. The summed E-state index contributed by atoms with van der Waals surface area (Å²) in [5, 5.41) is 0. The predicted molar refractivity (Wildman–Crippen MR) is 51.0 cm³/mol. The first-order chi connectivity index (χ1) is 5.88. The normalized spacial score (nSPS) is 32.9. The first-order valence-corrected chi connectivity index (χ1v) is 4.97. The summed E-state index contributed by atoms with van der Waals surface area (Å²) in [4.78, 5) is 5.10. The molecule has 0 aliphatic carbocycles. The molecule has 2 aliphatic heterocycles. The van der Waals surface area contributed by atoms with Gasteiger partial charge in [-0.15, -0.1) is 0 Å². The van der Waals surface area contributed by atoms with Gasteiger partial charge in [0.2, 0.25) is 0 Å². The Hall–Kier alpha value is -0.340. The summed E-state index contributed by atoms with van der Waals surface area (Å²) < 4.78 is 0. The Kier molecular flexibility index (Phi) is 2.47. The van der Waals surface area contributed by atoms with Gasteiger partial charge in [0, 0.05) is 19.6 Å². The van der Waals surface area contributed by atoms with E-state index in [0.29, 0.717) is 6.17 Å². The first-order valence-electron chi connectivity index (χ1n) is 4.97. The Bertz CT molecular complexity index is 177. The van der Waals surface area contributed by atoms with Crippen LogP contribution in [0.15, 0.2) is 12.2 Å². The number of hydrogen-bond donors (Lipinski definition) is 0. The molecule has 68 valence electrons. The highest BCUT2D eigenvalue weighted by atomic mass is 15.4. The molecule has 0 bridgehead atoms. The van der Waals surface area contributed by atoms with Crippen LogP contribution in [0.5, 0.6) is 0 Å². The van der Waals surface area contributed by atoms with Crippen molar-refractivity contribution in [3.8, 4) is 0 Å². The molecule has 2 aliphatic rings. The predicted octanol–water partition coefficient (Wildman–Crippen LogP) is 1.30. The molecule has 1 unspecified atom stereocenters. The average molecular weight is 166 g/mol. The van der Waals surface area contributed by atoms with Gasteiger partial charge in [-0.25, -0.2) is 0 Å². The van der Waals surface area contributed by atoms with Crippen molar-refractivity contribution < 1.29 is 0 Å². The van der Waals surface area contributed by atoms with Crippen LogP contribution in [0.3, 0.4) is 0 Å². The lowest BCUT2D eigenvalue weighted by atomic mass is 10.2. The molecule has 0 amide bonds. The molecular weight excluding hydrogens is 148 g/mol. The lowest BCUT2D eigenvalue weighted by Gasteiger charge is -2.41. The van der Waals surface area contributed by atoms with Gasteiger partial charge in [-0.2, -0.15) is 0 Å². The SMILES string of the molecule is CN1CCCN2CCC=CCC12. The summed E-state index contributed by atoms with van der Waals surface area (Å²) >= 11 is 0. The van der Waals surface area contributed by atoms with E-state index in [-0.39, 0.29) is 0 Å². The van der Waals surface area contributed by atoms with Gasteiger partial charge < -0.3 is 0 Å². The monoisotopic (exact) mass is 166 g/mol. The van der Waals surface area contributed by atoms with Crippen LogP contribution in [0.4, 0.5) is 0 Å². The van der Waals surface area contributed by atoms with Crippen molar-refractivity contribution in [2.24, 2.45) is 0 Å². The molecule has 1 fully saturated rings. The summed E-state index contributed by atoms with van der Waals surface area (Å²) in [5.41, 5.74) is 0. The quantitative estimate of drug-likeness (QED) is 0.500. The highest BCUT2D eigenvalue weighted by Gasteiger charge is 2.25. The molecule has 0 N–H and O–H groups in total. The van der Waals surface area contributed by atoms with E-state index in [0.717, 1.165) is 0 Å². The Morgan fingerprint density at radius 1 is 1.17 bits per heavy atom. The molecule has 1 saturated heterocycles. The van der Waals surface area contributed by atoms with Gasteiger partial charge in [-0.3, -0.25) is 9.80 Å². The van der Waals surface area contributed by atoms with E-state index in [1.165, 1.54) is 38.9 Å². The van der Waals surface area contributed by atoms with Crippen molar-refractivity contribution >= 4 is 0 Å². The molecule has 0 radical (unpaired) electrons. The molecule has 0 aromatic rings. The van der Waals surface area contributed by atoms with Crippen molar-refractivity contribution in [3.05, 3.63) is 12.2 Å². The average Bonchev–Trinajstić information content (AvgIpc) is 2.30. The van der Waals surface area contributed by atoms with Crippen LogP contribution in [0.1, 0.15) is 19.3 Å². The van der Waals surface area contributed by atoms with Crippen molar-refractivity contribution in [2.75, 3.05) is 26.7 Å². The lowest BCUT2D eigenvalue weighted by molar-refractivity contribution is 0.0279. The second kappa shape index (κ2) is 3.58. The zero-order chi connectivity index (χ0) is 8.39. The summed E-state index contributed by atoms with van der Waals surface area (Å²) in [6.45, 7) is 3.83. The fourth-order valence-corrected chi connectivity index (χ4v) is 2.27. The number of fused-ring (bicyclic) bond motifs is 1. The molecule has 2 heteroatoms. The standard InChI is InChI=1S/C10H18N2/c1-11-7-5-9-12-8-4-2-3-6-10(11)12/h2-3,10H,4-9H2,1H3. The molecule has 0 saturated carbocycles. The fraction of sp³-hybridized carbons (Fsp3) is 0.800. The third kappa shape index (κ3) is 1.54. The highest BCUT2D eigenvalue weighted by Crippen LogP contribution is 2.18. The minimum absolute atomic E-state index is 0.692. The number of hydrogen-bond acceptors (Lipinski definition) is 2. The Morgan fingerprint density at radius 3 is 3.00 bits per heavy atom. The van der Waals surface area contributed by atoms with Crippen LogP contribution in [0.25, 0.3) is 0 Å². The molecule has 2 rings (SSSR count). The van der Waals surface area contributed by atoms with E-state index in [1.807, 2.05) is 0 Å². The fourth-order valence-electron chi connectivity index (χ4n) is 2.27. The van der Waals surface area contributed by atoms with Crippen molar-refractivity contribution in [3.63, 3.8) is 0 Å². The van der Waals surface area contributed by atoms with Crippen molar-refractivity contribution in [2.45, 2.75) is 25.4 Å². The van der Waals surface area contributed by atoms with Gasteiger partial charge in [0.05, 0.1) is 6.17 Å². The van der Waals surface area contributed by atoms with Crippen LogP contribution < -0.4 is 0 Å². The Morgan fingerprint density at radius 2 is 2.08 bits per heavy atom. The summed E-state index contributed by atoms with van der Waals surface area (Å²) in [7, 11) is 2.25. The molecular formula is C10H18N2. The molecule has 12 heavy (non-hydrogen) atoms. The number of rotatable bonds is 0. The van der Waals surface area contributed by atoms with Gasteiger partial charge >= 0.3 is 0 Å². The molecule has 2 nitrogen and oxygen atoms in total. The van der Waals surface area contributed by atoms with E-state index in [9.17, 15) is 0 Å². The summed E-state index contributed by atoms with van der Waals surface area (Å²) in [6.07, 6.45) is 9.16. The molecule has 1 atom stereocenters. The molecule has 0 spiro atoms. The largest absolute Gasteiger partial charge is 0.291 e. The maximum atomic E-state index is 2.61. The smallest absolute Gasteiger partial charge is 0.0655 e. The van der Waals surface area contributed by atoms with E-state index < -0.39 is 0 Å². The van der Waals surface area contributed by atoms with Crippen molar-refractivity contribution in [1.82, 2.24) is 9.80 Å². The van der Waals surface area contributed by atoms with Crippen LogP contribution in [0.2, 0.25) is 0 Å². The van der Waals surface area contributed by atoms with Gasteiger partial charge in [0.25, 0.3) is 0 Å². The Balaban J connectivity index is 2.05. The van der Waals surface area contributed by atoms with E-state index in [4.69, 9.17) is 0 Å². The highest BCUT2D eigenvalue weighted by molar-refractivity contribution is 4.93. The van der Waals surface area contributed by atoms with Crippen LogP contribution in [-0.4, -0.2) is 42.6 Å². The molecule has 2 heterocycles. The maximum Gasteiger partial charge on any atom is 0.0655 e. The molecule has 0 aromatic carbocycles. The third-order valence-electron chi connectivity index (χ3n) is 2.98. The Labute approximate surface area is 74.8 Å². The van der Waals surface area contributed by atoms with Crippen LogP contribution in [0, 0.1) is 0 Å². The summed E-state index contributed by atoms with van der Waals surface area (Å²) in [6, 6.07) is 0. The summed E-state index contributed by atoms with van der Waals surface area (Å²) in [5.74, 6) is 0. The van der Waals surface area contributed by atoms with Gasteiger partial charge in [-0.05, 0) is 26.3 Å². The minimum Gasteiger partial charge on any atom is -0.291 e. The van der Waals surface area contributed by atoms with Crippen LogP contribution >= 0.6 is 0 Å². The topological polar surface area (TPSA) is 6.48 Å². The van der Waals surface area contributed by atoms with E-state index in [1.54, 1.807) is 0 Å². The zero-order valence-corrected chi connectivity index (χ0v) is 7.87. The number of nitrogens with zero attached hydrogens (tertiary/aromatic N) is 2. The second-order valence-electron chi connectivity index (χ2n) is 3.85. The lowest BCUT2D eigenvalue weighted by Crippen LogP contribution is -2.51. The van der Waals surface area contributed by atoms with E-state index >= 15 is 0 Å². The van der Waals surface area contributed by atoms with Gasteiger partial charge in [0.15, 0.2) is 0 Å². The van der Waals surface area contributed by atoms with Gasteiger partial charge in [-0.1, -0.05) is 12.2 Å². The van der Waals surface area contributed by atoms with Crippen molar-refractivity contribution in [1.29, 1.82) is 0 Å².